The number of aromatic nitrogens is 7. The molecule has 1 amide bonds. The maximum absolute atomic E-state index is 12.4. The molecule has 0 spiro atoms. The number of carbonyl (C=O) groups is 1. The fraction of sp³-hybridized carbons (Fsp3) is 0.176. The first-order chi connectivity index (χ1) is 13.2. The predicted molar refractivity (Wildman–Crippen MR) is 101 cm³/mol. The second-order valence-corrected chi connectivity index (χ2v) is 7.18. The van der Waals surface area contributed by atoms with Crippen molar-refractivity contribution in [1.82, 2.24) is 34.7 Å². The Kier molecular flexibility index (Phi) is 3.64. The van der Waals surface area contributed by atoms with Gasteiger partial charge in [-0.2, -0.15) is 9.78 Å². The summed E-state index contributed by atoms with van der Waals surface area (Å²) in [5, 5.41) is 7.61. The Hall–Kier alpha value is -3.27. The Labute approximate surface area is 157 Å². The SMILES string of the molecule is Cc1nn(-c2ncnc3nc[nH]c23)c2c1C(c1cccnc1)SCC(=O)N2. The van der Waals surface area contributed by atoms with E-state index in [9.17, 15) is 4.79 Å². The maximum atomic E-state index is 12.4. The quantitative estimate of drug-likeness (QED) is 0.548. The third-order valence-corrected chi connectivity index (χ3v) is 5.67. The number of H-pyrrole nitrogens is 1. The molecule has 1 aliphatic heterocycles. The van der Waals surface area contributed by atoms with Crippen molar-refractivity contribution in [3.8, 4) is 5.82 Å². The third kappa shape index (κ3) is 2.56. The van der Waals surface area contributed by atoms with Crippen LogP contribution in [-0.4, -0.2) is 46.4 Å². The summed E-state index contributed by atoms with van der Waals surface area (Å²) < 4.78 is 1.65. The molecule has 1 unspecified atom stereocenters. The summed E-state index contributed by atoms with van der Waals surface area (Å²) in [5.41, 5.74) is 3.99. The number of amides is 1. The van der Waals surface area contributed by atoms with Crippen LogP contribution in [0, 0.1) is 6.92 Å². The van der Waals surface area contributed by atoms with Gasteiger partial charge in [0.25, 0.3) is 0 Å². The number of rotatable bonds is 2. The average molecular weight is 378 g/mol. The number of aryl methyl sites for hydroxylation is 1. The number of hydrogen-bond donors (Lipinski definition) is 2. The van der Waals surface area contributed by atoms with Crippen LogP contribution in [0.1, 0.15) is 22.1 Å². The van der Waals surface area contributed by atoms with E-state index in [0.717, 1.165) is 16.8 Å². The maximum Gasteiger partial charge on any atom is 0.235 e. The number of fused-ring (bicyclic) bond motifs is 2. The highest BCUT2D eigenvalue weighted by atomic mass is 32.2. The minimum atomic E-state index is -0.0799. The first kappa shape index (κ1) is 15.9. The van der Waals surface area contributed by atoms with Gasteiger partial charge in [0.05, 0.1) is 23.0 Å². The van der Waals surface area contributed by atoms with Crippen molar-refractivity contribution in [3.63, 3.8) is 0 Å². The Morgan fingerprint density at radius 3 is 3.07 bits per heavy atom. The predicted octanol–water partition coefficient (Wildman–Crippen LogP) is 2.02. The molecule has 27 heavy (non-hydrogen) atoms. The van der Waals surface area contributed by atoms with Gasteiger partial charge < -0.3 is 10.3 Å². The smallest absolute Gasteiger partial charge is 0.235 e. The molecule has 4 aromatic rings. The number of carbonyl (C=O) groups excluding carboxylic acids is 1. The van der Waals surface area contributed by atoms with E-state index < -0.39 is 0 Å². The number of imidazole rings is 1. The van der Waals surface area contributed by atoms with Crippen LogP contribution in [0.5, 0.6) is 0 Å². The van der Waals surface area contributed by atoms with Crippen LogP contribution in [0.4, 0.5) is 5.82 Å². The van der Waals surface area contributed by atoms with Crippen LogP contribution < -0.4 is 5.32 Å². The zero-order chi connectivity index (χ0) is 18.4. The van der Waals surface area contributed by atoms with E-state index >= 15 is 0 Å². The highest BCUT2D eigenvalue weighted by molar-refractivity contribution is 8.00. The highest BCUT2D eigenvalue weighted by Crippen LogP contribution is 2.43. The van der Waals surface area contributed by atoms with Crippen molar-refractivity contribution in [2.24, 2.45) is 0 Å². The van der Waals surface area contributed by atoms with Gasteiger partial charge in [0.15, 0.2) is 11.5 Å². The monoisotopic (exact) mass is 378 g/mol. The Morgan fingerprint density at radius 1 is 1.30 bits per heavy atom. The lowest BCUT2D eigenvalue weighted by atomic mass is 10.1. The molecule has 1 atom stereocenters. The summed E-state index contributed by atoms with van der Waals surface area (Å²) in [7, 11) is 0. The van der Waals surface area contributed by atoms with E-state index in [1.807, 2.05) is 25.3 Å². The van der Waals surface area contributed by atoms with Crippen LogP contribution in [-0.2, 0) is 4.79 Å². The lowest BCUT2D eigenvalue weighted by Crippen LogP contribution is -2.16. The van der Waals surface area contributed by atoms with Crippen molar-refractivity contribution in [2.45, 2.75) is 12.2 Å². The van der Waals surface area contributed by atoms with Gasteiger partial charge in [-0.05, 0) is 18.6 Å². The molecule has 0 fully saturated rings. The average Bonchev–Trinajstić information content (AvgIpc) is 3.23. The fourth-order valence-corrected chi connectivity index (χ4v) is 4.42. The zero-order valence-electron chi connectivity index (χ0n) is 14.2. The minimum absolute atomic E-state index is 0.0551. The standard InChI is InChI=1S/C17H14N8OS/c1-9-12-14(10-3-2-4-18-5-10)27-6-11(26)23-16(12)25(24-9)17-13-15(20-7-19-13)21-8-22-17/h2-5,7-8,14H,6H2,1H3,(H,23,26)(H,19,20,21,22). The van der Waals surface area contributed by atoms with Gasteiger partial charge in [0, 0.05) is 18.0 Å². The van der Waals surface area contributed by atoms with Gasteiger partial charge in [0.1, 0.15) is 17.7 Å². The lowest BCUT2D eigenvalue weighted by Gasteiger charge is -2.14. The van der Waals surface area contributed by atoms with Gasteiger partial charge in [-0.15, -0.1) is 11.8 Å². The van der Waals surface area contributed by atoms with Gasteiger partial charge >= 0.3 is 0 Å². The summed E-state index contributed by atoms with van der Waals surface area (Å²) in [6, 6.07) is 3.91. The molecule has 0 saturated heterocycles. The van der Waals surface area contributed by atoms with E-state index in [0.29, 0.717) is 28.6 Å². The molecule has 2 N–H and O–H groups in total. The molecule has 0 bridgehead atoms. The zero-order valence-corrected chi connectivity index (χ0v) is 15.1. The van der Waals surface area contributed by atoms with Gasteiger partial charge in [-0.1, -0.05) is 6.07 Å². The molecule has 10 heteroatoms. The number of nitrogens with zero attached hydrogens (tertiary/aromatic N) is 6. The van der Waals surface area contributed by atoms with E-state index in [1.165, 1.54) is 6.33 Å². The molecule has 0 aromatic carbocycles. The number of thioether (sulfide) groups is 1. The molecule has 4 aromatic heterocycles. The number of nitrogens with one attached hydrogen (secondary N) is 2. The molecule has 0 saturated carbocycles. The number of pyridine rings is 1. The van der Waals surface area contributed by atoms with E-state index in [1.54, 1.807) is 29.0 Å². The van der Waals surface area contributed by atoms with Crippen molar-refractivity contribution in [3.05, 3.63) is 54.0 Å². The van der Waals surface area contributed by atoms with Crippen LogP contribution in [0.2, 0.25) is 0 Å². The lowest BCUT2D eigenvalue weighted by molar-refractivity contribution is -0.113. The van der Waals surface area contributed by atoms with Gasteiger partial charge in [-0.25, -0.2) is 15.0 Å². The van der Waals surface area contributed by atoms with Gasteiger partial charge in [0.2, 0.25) is 5.91 Å². The fourth-order valence-electron chi connectivity index (χ4n) is 3.24. The number of hydrogen-bond acceptors (Lipinski definition) is 7. The summed E-state index contributed by atoms with van der Waals surface area (Å²) in [4.78, 5) is 32.4. The summed E-state index contributed by atoms with van der Waals surface area (Å²) >= 11 is 1.56. The third-order valence-electron chi connectivity index (χ3n) is 4.40. The second-order valence-electron chi connectivity index (χ2n) is 6.08. The molecule has 5 rings (SSSR count). The molecule has 134 valence electrons. The first-order valence-corrected chi connectivity index (χ1v) is 9.32. The largest absolute Gasteiger partial charge is 0.340 e. The van der Waals surface area contributed by atoms with Crippen LogP contribution in [0.25, 0.3) is 17.0 Å². The topological polar surface area (TPSA) is 114 Å². The minimum Gasteiger partial charge on any atom is -0.340 e. The van der Waals surface area contributed by atoms with Crippen molar-refractivity contribution in [2.75, 3.05) is 11.1 Å². The number of anilines is 1. The highest BCUT2D eigenvalue weighted by Gasteiger charge is 2.31. The van der Waals surface area contributed by atoms with Crippen LogP contribution in [0.3, 0.4) is 0 Å². The van der Waals surface area contributed by atoms with Gasteiger partial charge in [-0.3, -0.25) is 9.78 Å². The molecule has 0 radical (unpaired) electrons. The normalized spacial score (nSPS) is 16.8. The summed E-state index contributed by atoms with van der Waals surface area (Å²) in [6.07, 6.45) is 6.56. The first-order valence-electron chi connectivity index (χ1n) is 8.27. The molecule has 5 heterocycles. The Bertz CT molecular complexity index is 1150. The van der Waals surface area contributed by atoms with Crippen molar-refractivity contribution < 1.29 is 4.79 Å². The molecular formula is C17H14N8OS. The Balaban J connectivity index is 1.75. The Morgan fingerprint density at radius 2 is 2.22 bits per heavy atom. The second kappa shape index (κ2) is 6.16. The molecular weight excluding hydrogens is 364 g/mol. The molecule has 9 nitrogen and oxygen atoms in total. The van der Waals surface area contributed by atoms with E-state index in [2.05, 4.69) is 35.3 Å². The summed E-state index contributed by atoms with van der Waals surface area (Å²) in [6.45, 7) is 1.93. The molecule has 0 aliphatic carbocycles. The van der Waals surface area contributed by atoms with Crippen molar-refractivity contribution in [1.29, 1.82) is 0 Å². The van der Waals surface area contributed by atoms with E-state index in [-0.39, 0.29) is 11.2 Å². The van der Waals surface area contributed by atoms with E-state index in [4.69, 9.17) is 0 Å². The van der Waals surface area contributed by atoms with Crippen LogP contribution >= 0.6 is 11.8 Å². The van der Waals surface area contributed by atoms with Crippen LogP contribution in [0.15, 0.2) is 37.2 Å². The number of aromatic amines is 1. The summed E-state index contributed by atoms with van der Waals surface area (Å²) in [5.74, 6) is 1.42. The molecule has 1 aliphatic rings. The van der Waals surface area contributed by atoms with Crippen molar-refractivity contribution >= 4 is 34.7 Å².